The SMILES string of the molecule is COCCN/C=C(/C#N)C(=O)Nc1ccc(C(C)C)cc1. The van der Waals surface area contributed by atoms with Gasteiger partial charge in [-0.05, 0) is 23.6 Å². The Hall–Kier alpha value is -2.32. The maximum Gasteiger partial charge on any atom is 0.267 e. The van der Waals surface area contributed by atoms with E-state index in [1.54, 1.807) is 7.11 Å². The second kappa shape index (κ2) is 8.77. The molecule has 5 heteroatoms. The van der Waals surface area contributed by atoms with Gasteiger partial charge in [0.15, 0.2) is 0 Å². The molecule has 0 atom stereocenters. The van der Waals surface area contributed by atoms with Gasteiger partial charge in [0.05, 0.1) is 6.61 Å². The Morgan fingerprint density at radius 2 is 2.05 bits per heavy atom. The fraction of sp³-hybridized carbons (Fsp3) is 0.375. The Morgan fingerprint density at radius 3 is 2.57 bits per heavy atom. The van der Waals surface area contributed by atoms with Gasteiger partial charge in [0.25, 0.3) is 5.91 Å². The topological polar surface area (TPSA) is 74.1 Å². The number of hydrogen-bond acceptors (Lipinski definition) is 4. The number of nitriles is 1. The molecule has 0 radical (unpaired) electrons. The lowest BCUT2D eigenvalue weighted by Gasteiger charge is -2.08. The minimum atomic E-state index is -0.431. The minimum absolute atomic E-state index is 0.0269. The zero-order chi connectivity index (χ0) is 15.7. The molecule has 21 heavy (non-hydrogen) atoms. The van der Waals surface area contributed by atoms with Gasteiger partial charge >= 0.3 is 0 Å². The summed E-state index contributed by atoms with van der Waals surface area (Å²) in [5, 5.41) is 14.6. The number of carbonyl (C=O) groups excluding carboxylic acids is 1. The van der Waals surface area contributed by atoms with Crippen LogP contribution in [-0.4, -0.2) is 26.2 Å². The van der Waals surface area contributed by atoms with Crippen LogP contribution in [0.4, 0.5) is 5.69 Å². The number of rotatable bonds is 7. The summed E-state index contributed by atoms with van der Waals surface area (Å²) in [6, 6.07) is 9.47. The molecule has 5 nitrogen and oxygen atoms in total. The van der Waals surface area contributed by atoms with Crippen LogP contribution in [0.1, 0.15) is 25.3 Å². The first-order valence-electron chi connectivity index (χ1n) is 6.82. The average Bonchev–Trinajstić information content (AvgIpc) is 2.47. The van der Waals surface area contributed by atoms with Gasteiger partial charge in [0.2, 0.25) is 0 Å². The first-order chi connectivity index (χ1) is 10.1. The van der Waals surface area contributed by atoms with E-state index >= 15 is 0 Å². The smallest absolute Gasteiger partial charge is 0.267 e. The van der Waals surface area contributed by atoms with E-state index in [0.29, 0.717) is 24.8 Å². The molecule has 0 bridgehead atoms. The van der Waals surface area contributed by atoms with Gasteiger partial charge in [-0.2, -0.15) is 5.26 Å². The van der Waals surface area contributed by atoms with E-state index in [4.69, 9.17) is 10.00 Å². The number of benzene rings is 1. The van der Waals surface area contributed by atoms with Gasteiger partial charge < -0.3 is 15.4 Å². The van der Waals surface area contributed by atoms with Crippen LogP contribution < -0.4 is 10.6 Å². The second-order valence-electron chi connectivity index (χ2n) is 4.85. The van der Waals surface area contributed by atoms with E-state index in [1.807, 2.05) is 30.3 Å². The van der Waals surface area contributed by atoms with Crippen LogP contribution in [0.15, 0.2) is 36.0 Å². The molecule has 2 N–H and O–H groups in total. The largest absolute Gasteiger partial charge is 0.387 e. The van der Waals surface area contributed by atoms with Crippen molar-refractivity contribution in [3.8, 4) is 6.07 Å². The summed E-state index contributed by atoms with van der Waals surface area (Å²) in [6.45, 7) is 5.26. The molecule has 0 spiro atoms. The maximum atomic E-state index is 12.0. The zero-order valence-corrected chi connectivity index (χ0v) is 12.6. The molecule has 1 aromatic carbocycles. The number of ether oxygens (including phenoxy) is 1. The van der Waals surface area contributed by atoms with Crippen molar-refractivity contribution in [2.24, 2.45) is 0 Å². The standard InChI is InChI=1S/C16H21N3O2/c1-12(2)13-4-6-15(7-5-13)19-16(20)14(10-17)11-18-8-9-21-3/h4-7,11-12,18H,8-9H2,1-3H3,(H,19,20)/b14-11-. The Bertz CT molecular complexity index is 527. The van der Waals surface area contributed by atoms with Crippen LogP contribution in [0.3, 0.4) is 0 Å². The normalized spacial score (nSPS) is 11.1. The van der Waals surface area contributed by atoms with Crippen LogP contribution in [0.2, 0.25) is 0 Å². The summed E-state index contributed by atoms with van der Waals surface area (Å²) < 4.78 is 4.87. The lowest BCUT2D eigenvalue weighted by molar-refractivity contribution is -0.112. The van der Waals surface area contributed by atoms with Gasteiger partial charge in [-0.15, -0.1) is 0 Å². The molecule has 0 aromatic heterocycles. The van der Waals surface area contributed by atoms with Gasteiger partial charge in [0.1, 0.15) is 11.6 Å². The van der Waals surface area contributed by atoms with E-state index in [9.17, 15) is 4.79 Å². The molecule has 0 fully saturated rings. The summed E-state index contributed by atoms with van der Waals surface area (Å²) >= 11 is 0. The van der Waals surface area contributed by atoms with Crippen molar-refractivity contribution in [1.29, 1.82) is 5.26 Å². The first kappa shape index (κ1) is 16.7. The van der Waals surface area contributed by atoms with E-state index in [0.717, 1.165) is 0 Å². The number of methoxy groups -OCH3 is 1. The number of hydrogen-bond donors (Lipinski definition) is 2. The summed E-state index contributed by atoms with van der Waals surface area (Å²) in [5.41, 5.74) is 1.90. The van der Waals surface area contributed by atoms with Crippen LogP contribution in [0, 0.1) is 11.3 Å². The van der Waals surface area contributed by atoms with Crippen LogP contribution in [0.25, 0.3) is 0 Å². The Morgan fingerprint density at radius 1 is 1.38 bits per heavy atom. The lowest BCUT2D eigenvalue weighted by atomic mass is 10.0. The monoisotopic (exact) mass is 287 g/mol. The van der Waals surface area contributed by atoms with Crippen molar-refractivity contribution in [2.45, 2.75) is 19.8 Å². The molecule has 1 rings (SSSR count). The second-order valence-corrected chi connectivity index (χ2v) is 4.85. The quantitative estimate of drug-likeness (QED) is 0.459. The van der Waals surface area contributed by atoms with Crippen molar-refractivity contribution in [2.75, 3.05) is 25.6 Å². The van der Waals surface area contributed by atoms with E-state index in [2.05, 4.69) is 24.5 Å². The molecule has 0 aliphatic heterocycles. The highest BCUT2D eigenvalue weighted by Gasteiger charge is 2.09. The fourth-order valence-electron chi connectivity index (χ4n) is 1.63. The summed E-state index contributed by atoms with van der Waals surface area (Å²) in [7, 11) is 1.59. The maximum absolute atomic E-state index is 12.0. The van der Waals surface area contributed by atoms with Gasteiger partial charge in [-0.3, -0.25) is 4.79 Å². The molecule has 1 aromatic rings. The molecule has 112 valence electrons. The average molecular weight is 287 g/mol. The Labute approximate surface area is 125 Å². The number of amides is 1. The third-order valence-electron chi connectivity index (χ3n) is 2.90. The molecule has 0 aliphatic rings. The molecule has 0 saturated heterocycles. The number of nitrogens with one attached hydrogen (secondary N) is 2. The van der Waals surface area contributed by atoms with Crippen LogP contribution in [-0.2, 0) is 9.53 Å². The zero-order valence-electron chi connectivity index (χ0n) is 12.6. The van der Waals surface area contributed by atoms with Crippen molar-refractivity contribution >= 4 is 11.6 Å². The van der Waals surface area contributed by atoms with Gasteiger partial charge in [-0.1, -0.05) is 26.0 Å². The highest BCUT2D eigenvalue weighted by molar-refractivity contribution is 6.06. The van der Waals surface area contributed by atoms with Crippen molar-refractivity contribution in [3.05, 3.63) is 41.6 Å². The molecule has 0 saturated carbocycles. The minimum Gasteiger partial charge on any atom is -0.387 e. The number of carbonyl (C=O) groups is 1. The number of anilines is 1. The molecular weight excluding hydrogens is 266 g/mol. The third-order valence-corrected chi connectivity index (χ3v) is 2.90. The van der Waals surface area contributed by atoms with E-state index in [-0.39, 0.29) is 5.57 Å². The molecular formula is C16H21N3O2. The summed E-state index contributed by atoms with van der Waals surface area (Å²) in [4.78, 5) is 12.0. The molecule has 0 unspecified atom stereocenters. The predicted molar refractivity (Wildman–Crippen MR) is 82.7 cm³/mol. The predicted octanol–water partition coefficient (Wildman–Crippen LogP) is 2.39. The Balaban J connectivity index is 2.63. The van der Waals surface area contributed by atoms with Gasteiger partial charge in [-0.25, -0.2) is 0 Å². The van der Waals surface area contributed by atoms with E-state index < -0.39 is 5.91 Å². The highest BCUT2D eigenvalue weighted by atomic mass is 16.5. The van der Waals surface area contributed by atoms with E-state index in [1.165, 1.54) is 11.8 Å². The molecule has 0 heterocycles. The molecule has 1 amide bonds. The summed E-state index contributed by atoms with van der Waals surface area (Å²) in [6.07, 6.45) is 1.40. The van der Waals surface area contributed by atoms with Gasteiger partial charge in [0, 0.05) is 25.5 Å². The first-order valence-corrected chi connectivity index (χ1v) is 6.82. The van der Waals surface area contributed by atoms with Crippen LogP contribution >= 0.6 is 0 Å². The van der Waals surface area contributed by atoms with Crippen molar-refractivity contribution < 1.29 is 9.53 Å². The number of nitrogens with zero attached hydrogens (tertiary/aromatic N) is 1. The van der Waals surface area contributed by atoms with Crippen LogP contribution in [0.5, 0.6) is 0 Å². The lowest BCUT2D eigenvalue weighted by Crippen LogP contribution is -2.18. The summed E-state index contributed by atoms with van der Waals surface area (Å²) in [5.74, 6) is 0.00835. The van der Waals surface area contributed by atoms with Crippen molar-refractivity contribution in [1.82, 2.24) is 5.32 Å². The molecule has 0 aliphatic carbocycles. The Kier molecular flexibility index (Phi) is 6.99. The van der Waals surface area contributed by atoms with Crippen molar-refractivity contribution in [3.63, 3.8) is 0 Å². The third kappa shape index (κ3) is 5.67. The fourth-order valence-corrected chi connectivity index (χ4v) is 1.63. The highest BCUT2D eigenvalue weighted by Crippen LogP contribution is 2.17.